The monoisotopic (exact) mass is 439 g/mol. The molecule has 0 unspecified atom stereocenters. The van der Waals surface area contributed by atoms with E-state index in [-0.39, 0.29) is 12.2 Å². The molecule has 8 nitrogen and oxygen atoms in total. The van der Waals surface area contributed by atoms with Crippen molar-refractivity contribution in [1.29, 1.82) is 0 Å². The second-order valence-electron chi connectivity index (χ2n) is 8.25. The molecule has 0 radical (unpaired) electrons. The number of hydrogen-bond donors (Lipinski definition) is 2. The Hall–Kier alpha value is -3.13. The van der Waals surface area contributed by atoms with Crippen LogP contribution in [-0.2, 0) is 16.6 Å². The van der Waals surface area contributed by atoms with Gasteiger partial charge >= 0.3 is 0 Å². The number of rotatable bonds is 6. The molecule has 170 valence electrons. The molecule has 0 aromatic heterocycles. The first kappa shape index (κ1) is 20.8. The third kappa shape index (κ3) is 4.27. The molecular weight excluding hydrogens is 410 g/mol. The Kier molecular flexibility index (Phi) is 5.94. The molecule has 3 heterocycles. The summed E-state index contributed by atoms with van der Waals surface area (Å²) in [5.41, 5.74) is 2.39. The van der Waals surface area contributed by atoms with Gasteiger partial charge in [-0.15, -0.1) is 0 Å². The topological polar surface area (TPSA) is 82.6 Å². The van der Waals surface area contributed by atoms with Crippen LogP contribution in [0.25, 0.3) is 0 Å². The average Bonchev–Trinajstić information content (AvgIpc) is 3.50. The van der Waals surface area contributed by atoms with Gasteiger partial charge in [-0.1, -0.05) is 12.1 Å². The highest BCUT2D eigenvalue weighted by Gasteiger charge is 2.35. The number of nitrogens with one attached hydrogen (secondary N) is 2. The highest BCUT2D eigenvalue weighted by Crippen LogP contribution is 2.40. The lowest BCUT2D eigenvalue weighted by Crippen LogP contribution is -2.48. The number of guanidine groups is 1. The summed E-state index contributed by atoms with van der Waals surface area (Å²) in [6.45, 7) is 3.59. The van der Waals surface area contributed by atoms with Crippen LogP contribution in [0.2, 0.25) is 0 Å². The van der Waals surface area contributed by atoms with Gasteiger partial charge in [0.05, 0.1) is 0 Å². The normalized spacial score (nSPS) is 18.5. The van der Waals surface area contributed by atoms with E-state index in [0.717, 1.165) is 74.5 Å². The fraction of sp³-hybridized carbons (Fsp3) is 0.458. The van der Waals surface area contributed by atoms with Crippen molar-refractivity contribution in [3.05, 3.63) is 47.5 Å². The second-order valence-corrected chi connectivity index (χ2v) is 8.25. The van der Waals surface area contributed by atoms with Gasteiger partial charge in [0.2, 0.25) is 13.6 Å². The lowest BCUT2D eigenvalue weighted by atomic mass is 9.74. The predicted molar refractivity (Wildman–Crippen MR) is 120 cm³/mol. The van der Waals surface area contributed by atoms with Crippen LogP contribution in [0.5, 0.6) is 23.0 Å². The number of hydrogen-bond acceptors (Lipinski definition) is 6. The number of nitrogens with zero attached hydrogens (tertiary/aromatic N) is 1. The van der Waals surface area contributed by atoms with Gasteiger partial charge in [0, 0.05) is 38.8 Å². The zero-order valence-electron chi connectivity index (χ0n) is 18.3. The van der Waals surface area contributed by atoms with Crippen molar-refractivity contribution in [2.45, 2.75) is 24.7 Å². The highest BCUT2D eigenvalue weighted by molar-refractivity contribution is 5.79. The average molecular weight is 440 g/mol. The van der Waals surface area contributed by atoms with Crippen molar-refractivity contribution in [2.75, 3.05) is 46.9 Å². The lowest BCUT2D eigenvalue weighted by molar-refractivity contribution is 0.0513. The van der Waals surface area contributed by atoms with Crippen LogP contribution in [0.15, 0.2) is 41.4 Å². The van der Waals surface area contributed by atoms with Gasteiger partial charge in [0.15, 0.2) is 29.0 Å². The molecule has 1 saturated heterocycles. The first-order chi connectivity index (χ1) is 15.8. The highest BCUT2D eigenvalue weighted by atomic mass is 16.7. The number of fused-ring (bicyclic) bond motifs is 2. The van der Waals surface area contributed by atoms with Crippen LogP contribution >= 0.6 is 0 Å². The van der Waals surface area contributed by atoms with Gasteiger partial charge < -0.3 is 34.3 Å². The van der Waals surface area contributed by atoms with Crippen LogP contribution in [0.1, 0.15) is 24.0 Å². The van der Waals surface area contributed by atoms with E-state index in [2.05, 4.69) is 33.8 Å². The van der Waals surface area contributed by atoms with Crippen LogP contribution in [0.4, 0.5) is 0 Å². The maximum absolute atomic E-state index is 5.67. The van der Waals surface area contributed by atoms with E-state index in [0.29, 0.717) is 6.79 Å². The Bertz CT molecular complexity index is 988. The summed E-state index contributed by atoms with van der Waals surface area (Å²) < 4.78 is 27.6. The molecule has 0 amide bonds. The summed E-state index contributed by atoms with van der Waals surface area (Å²) in [5, 5.41) is 6.97. The minimum absolute atomic E-state index is 0.0474. The smallest absolute Gasteiger partial charge is 0.231 e. The summed E-state index contributed by atoms with van der Waals surface area (Å²) in [4.78, 5) is 4.42. The van der Waals surface area contributed by atoms with E-state index >= 15 is 0 Å². The zero-order chi connectivity index (χ0) is 21.8. The van der Waals surface area contributed by atoms with Crippen molar-refractivity contribution in [2.24, 2.45) is 4.99 Å². The number of benzene rings is 2. The molecule has 5 rings (SSSR count). The van der Waals surface area contributed by atoms with Gasteiger partial charge in [-0.3, -0.25) is 4.99 Å². The molecule has 8 heteroatoms. The van der Waals surface area contributed by atoms with Crippen LogP contribution in [-0.4, -0.2) is 52.9 Å². The van der Waals surface area contributed by atoms with Gasteiger partial charge in [-0.25, -0.2) is 0 Å². The third-order valence-electron chi connectivity index (χ3n) is 6.40. The second kappa shape index (κ2) is 9.16. The standard InChI is InChI=1S/C24H29N3O5/c1-25-23(26-9-6-17-2-4-19-21(12-17)31-15-29-19)27-14-24(7-10-28-11-8-24)18-3-5-20-22(13-18)32-16-30-20/h2-5,12-13H,6-11,14-16H2,1H3,(H2,25,26,27). The van der Waals surface area contributed by atoms with E-state index < -0.39 is 0 Å². The molecule has 3 aliphatic rings. The van der Waals surface area contributed by atoms with Gasteiger partial charge in [-0.05, 0) is 54.7 Å². The minimum atomic E-state index is -0.0474. The molecule has 32 heavy (non-hydrogen) atoms. The summed E-state index contributed by atoms with van der Waals surface area (Å²) in [6, 6.07) is 12.3. The van der Waals surface area contributed by atoms with Gasteiger partial charge in [0.25, 0.3) is 0 Å². The van der Waals surface area contributed by atoms with Gasteiger partial charge in [-0.2, -0.15) is 0 Å². The molecule has 0 bridgehead atoms. The van der Waals surface area contributed by atoms with Crippen molar-refractivity contribution >= 4 is 5.96 Å². The lowest BCUT2D eigenvalue weighted by Gasteiger charge is -2.38. The fourth-order valence-electron chi connectivity index (χ4n) is 4.45. The Balaban J connectivity index is 1.20. The van der Waals surface area contributed by atoms with E-state index in [9.17, 15) is 0 Å². The molecule has 2 aromatic carbocycles. The third-order valence-corrected chi connectivity index (χ3v) is 6.40. The molecule has 0 saturated carbocycles. The molecule has 0 spiro atoms. The van der Waals surface area contributed by atoms with Crippen LogP contribution in [0, 0.1) is 0 Å². The molecule has 3 aliphatic heterocycles. The Morgan fingerprint density at radius 2 is 1.56 bits per heavy atom. The van der Waals surface area contributed by atoms with Crippen molar-refractivity contribution in [3.8, 4) is 23.0 Å². The predicted octanol–water partition coefficient (Wildman–Crippen LogP) is 2.60. The first-order valence-corrected chi connectivity index (χ1v) is 11.1. The quantitative estimate of drug-likeness (QED) is 0.529. The SMILES string of the molecule is CN=C(NCCc1ccc2c(c1)OCO2)NCC1(c2ccc3c(c2)OCO3)CCOCC1. The van der Waals surface area contributed by atoms with E-state index in [1.807, 2.05) is 18.2 Å². The first-order valence-electron chi connectivity index (χ1n) is 11.1. The minimum Gasteiger partial charge on any atom is -0.454 e. The Labute approximate surface area is 187 Å². The summed E-state index contributed by atoms with van der Waals surface area (Å²) in [5.74, 6) is 4.04. The largest absolute Gasteiger partial charge is 0.454 e. The molecule has 1 fully saturated rings. The fourth-order valence-corrected chi connectivity index (χ4v) is 4.45. The maximum atomic E-state index is 5.67. The summed E-state index contributed by atoms with van der Waals surface area (Å²) >= 11 is 0. The van der Waals surface area contributed by atoms with Crippen LogP contribution < -0.4 is 29.6 Å². The van der Waals surface area contributed by atoms with E-state index in [4.69, 9.17) is 23.7 Å². The van der Waals surface area contributed by atoms with Gasteiger partial charge in [0.1, 0.15) is 0 Å². The summed E-state index contributed by atoms with van der Waals surface area (Å²) in [7, 11) is 1.80. The van der Waals surface area contributed by atoms with Crippen molar-refractivity contribution in [3.63, 3.8) is 0 Å². The van der Waals surface area contributed by atoms with Crippen molar-refractivity contribution < 1.29 is 23.7 Å². The molecule has 0 aliphatic carbocycles. The molecule has 2 N–H and O–H groups in total. The summed E-state index contributed by atoms with van der Waals surface area (Å²) in [6.07, 6.45) is 2.74. The number of aliphatic imine (C=N–C) groups is 1. The number of ether oxygens (including phenoxy) is 5. The molecular formula is C24H29N3O5. The zero-order valence-corrected chi connectivity index (χ0v) is 18.3. The van der Waals surface area contributed by atoms with Crippen LogP contribution in [0.3, 0.4) is 0 Å². The van der Waals surface area contributed by atoms with E-state index in [1.165, 1.54) is 11.1 Å². The molecule has 0 atom stereocenters. The molecule has 2 aromatic rings. The Morgan fingerprint density at radius 1 is 0.875 bits per heavy atom. The van der Waals surface area contributed by atoms with E-state index in [1.54, 1.807) is 7.05 Å². The maximum Gasteiger partial charge on any atom is 0.231 e. The Morgan fingerprint density at radius 3 is 2.31 bits per heavy atom. The van der Waals surface area contributed by atoms with Crippen molar-refractivity contribution in [1.82, 2.24) is 10.6 Å².